The largest absolute Gasteiger partial charge is 0.262 e. The summed E-state index contributed by atoms with van der Waals surface area (Å²) in [5, 5.41) is 0. The van der Waals surface area contributed by atoms with E-state index in [1.807, 2.05) is 6.21 Å². The molecule has 0 saturated heterocycles. The Kier molecular flexibility index (Phi) is 3.78. The third-order valence-electron chi connectivity index (χ3n) is 1.99. The molecule has 66 valence electrons. The third-order valence-corrected chi connectivity index (χ3v) is 1.99. The first kappa shape index (κ1) is 9.24. The highest BCUT2D eigenvalue weighted by molar-refractivity contribution is 5.79. The van der Waals surface area contributed by atoms with E-state index >= 15 is 0 Å². The molecule has 1 heteroatoms. The van der Waals surface area contributed by atoms with Gasteiger partial charge in [-0.3, -0.25) is 4.99 Å². The van der Waals surface area contributed by atoms with Gasteiger partial charge in [-0.2, -0.15) is 0 Å². The van der Waals surface area contributed by atoms with Gasteiger partial charge in [0.05, 0.1) is 0 Å². The molecule has 0 saturated carbocycles. The molecule has 0 bridgehead atoms. The molecule has 0 atom stereocenters. The van der Waals surface area contributed by atoms with Gasteiger partial charge in [0.1, 0.15) is 0 Å². The van der Waals surface area contributed by atoms with Crippen LogP contribution < -0.4 is 0 Å². The van der Waals surface area contributed by atoms with E-state index in [4.69, 9.17) is 0 Å². The molecule has 0 N–H and O–H groups in total. The van der Waals surface area contributed by atoms with E-state index in [9.17, 15) is 0 Å². The van der Waals surface area contributed by atoms with Gasteiger partial charge in [0.2, 0.25) is 0 Å². The topological polar surface area (TPSA) is 12.4 Å². The van der Waals surface area contributed by atoms with Crippen LogP contribution in [0.25, 0.3) is 0 Å². The van der Waals surface area contributed by atoms with Crippen LogP contribution >= 0.6 is 0 Å². The van der Waals surface area contributed by atoms with Gasteiger partial charge in [0.15, 0.2) is 0 Å². The van der Waals surface area contributed by atoms with Gasteiger partial charge in [0, 0.05) is 11.9 Å². The maximum atomic E-state index is 4.35. The van der Waals surface area contributed by atoms with Crippen molar-refractivity contribution in [3.05, 3.63) is 23.4 Å². The number of hydrogen-bond donors (Lipinski definition) is 0. The molecule has 1 nitrogen and oxygen atoms in total. The Morgan fingerprint density at radius 3 is 2.83 bits per heavy atom. The Morgan fingerprint density at radius 2 is 2.08 bits per heavy atom. The van der Waals surface area contributed by atoms with Crippen LogP contribution in [0.4, 0.5) is 0 Å². The molecule has 0 aromatic carbocycles. The standard InChI is InChI=1S/C11H17N/c1-3-6-11-8-5-4-7-10(2)12-9-11/h7-9H,3-6H2,1-2H3/b10-7?,11-8-,12-9?. The first-order chi connectivity index (χ1) is 5.83. The molecule has 0 aliphatic carbocycles. The molecule has 0 aromatic rings. The second-order valence-electron chi connectivity index (χ2n) is 3.21. The van der Waals surface area contributed by atoms with Crippen molar-refractivity contribution >= 4 is 6.21 Å². The predicted molar refractivity (Wildman–Crippen MR) is 54.5 cm³/mol. The minimum absolute atomic E-state index is 1.14. The lowest BCUT2D eigenvalue weighted by molar-refractivity contribution is 0.916. The quantitative estimate of drug-likeness (QED) is 0.591. The lowest BCUT2D eigenvalue weighted by Gasteiger charge is -2.02. The molecule has 0 aromatic heterocycles. The highest BCUT2D eigenvalue weighted by Gasteiger charge is 1.94. The zero-order valence-electron chi connectivity index (χ0n) is 8.01. The zero-order chi connectivity index (χ0) is 8.81. The van der Waals surface area contributed by atoms with E-state index in [1.165, 1.54) is 18.4 Å². The zero-order valence-corrected chi connectivity index (χ0v) is 8.01. The van der Waals surface area contributed by atoms with Crippen LogP contribution in [-0.4, -0.2) is 6.21 Å². The lowest BCUT2D eigenvalue weighted by Crippen LogP contribution is -1.88. The van der Waals surface area contributed by atoms with Gasteiger partial charge >= 0.3 is 0 Å². The summed E-state index contributed by atoms with van der Waals surface area (Å²) in [6.45, 7) is 4.27. The van der Waals surface area contributed by atoms with Crippen molar-refractivity contribution in [2.75, 3.05) is 0 Å². The molecular formula is C11H17N. The second-order valence-corrected chi connectivity index (χ2v) is 3.21. The highest BCUT2D eigenvalue weighted by Crippen LogP contribution is 2.10. The summed E-state index contributed by atoms with van der Waals surface area (Å²) >= 11 is 0. The van der Waals surface area contributed by atoms with Crippen LogP contribution in [0, 0.1) is 0 Å². The summed E-state index contributed by atoms with van der Waals surface area (Å²) < 4.78 is 0. The smallest absolute Gasteiger partial charge is 0.0333 e. The fourth-order valence-electron chi connectivity index (χ4n) is 1.31. The van der Waals surface area contributed by atoms with E-state index in [0.29, 0.717) is 0 Å². The minimum atomic E-state index is 1.14. The molecule has 0 radical (unpaired) electrons. The number of aliphatic imine (C=N–C) groups is 1. The van der Waals surface area contributed by atoms with Gasteiger partial charge in [-0.1, -0.05) is 25.5 Å². The van der Waals surface area contributed by atoms with Gasteiger partial charge in [0.25, 0.3) is 0 Å². The maximum absolute atomic E-state index is 4.35. The third kappa shape index (κ3) is 3.04. The summed E-state index contributed by atoms with van der Waals surface area (Å²) in [6.07, 6.45) is 11.2. The molecule has 1 rings (SSSR count). The van der Waals surface area contributed by atoms with Gasteiger partial charge in [-0.15, -0.1) is 0 Å². The van der Waals surface area contributed by atoms with Gasteiger partial charge in [-0.05, 0) is 31.8 Å². The molecule has 0 fully saturated rings. The van der Waals surface area contributed by atoms with Crippen LogP contribution in [0.1, 0.15) is 39.5 Å². The van der Waals surface area contributed by atoms with Crippen molar-refractivity contribution in [2.24, 2.45) is 4.99 Å². The average molecular weight is 163 g/mol. The molecule has 1 aliphatic rings. The van der Waals surface area contributed by atoms with Crippen LogP contribution in [0.15, 0.2) is 28.4 Å². The van der Waals surface area contributed by atoms with Crippen LogP contribution in [0.2, 0.25) is 0 Å². The Hall–Kier alpha value is -0.850. The van der Waals surface area contributed by atoms with Crippen molar-refractivity contribution in [1.29, 1.82) is 0 Å². The predicted octanol–water partition coefficient (Wildman–Crippen LogP) is 3.48. The fraction of sp³-hybridized carbons (Fsp3) is 0.545. The van der Waals surface area contributed by atoms with E-state index in [-0.39, 0.29) is 0 Å². The summed E-state index contributed by atoms with van der Waals surface area (Å²) in [6, 6.07) is 0. The van der Waals surface area contributed by atoms with Crippen molar-refractivity contribution in [2.45, 2.75) is 39.5 Å². The normalized spacial score (nSPS) is 22.2. The first-order valence-corrected chi connectivity index (χ1v) is 4.72. The number of hydrogen-bond acceptors (Lipinski definition) is 1. The summed E-state index contributed by atoms with van der Waals surface area (Å²) in [4.78, 5) is 4.35. The SMILES string of the molecule is CCC/C1=C/CCC=C(C)N=C1. The monoisotopic (exact) mass is 163 g/mol. The lowest BCUT2D eigenvalue weighted by atomic mass is 10.1. The minimum Gasteiger partial charge on any atom is -0.262 e. The highest BCUT2D eigenvalue weighted by atomic mass is 14.7. The number of nitrogens with zero attached hydrogens (tertiary/aromatic N) is 1. The van der Waals surface area contributed by atoms with Crippen LogP contribution in [-0.2, 0) is 0 Å². The number of allylic oxidation sites excluding steroid dienone is 4. The van der Waals surface area contributed by atoms with Gasteiger partial charge < -0.3 is 0 Å². The molecular weight excluding hydrogens is 146 g/mol. The summed E-state index contributed by atoms with van der Waals surface area (Å²) in [5.74, 6) is 0. The molecule has 0 unspecified atom stereocenters. The molecule has 0 amide bonds. The van der Waals surface area contributed by atoms with Gasteiger partial charge in [-0.25, -0.2) is 0 Å². The summed E-state index contributed by atoms with van der Waals surface area (Å²) in [5.41, 5.74) is 2.54. The molecule has 1 heterocycles. The van der Waals surface area contributed by atoms with Crippen molar-refractivity contribution < 1.29 is 0 Å². The molecule has 0 spiro atoms. The van der Waals surface area contributed by atoms with Crippen molar-refractivity contribution in [1.82, 2.24) is 0 Å². The maximum Gasteiger partial charge on any atom is 0.0333 e. The molecule has 12 heavy (non-hydrogen) atoms. The van der Waals surface area contributed by atoms with Crippen LogP contribution in [0.3, 0.4) is 0 Å². The van der Waals surface area contributed by atoms with Crippen molar-refractivity contribution in [3.8, 4) is 0 Å². The Balaban J connectivity index is 2.63. The number of rotatable bonds is 2. The van der Waals surface area contributed by atoms with Crippen LogP contribution in [0.5, 0.6) is 0 Å². The average Bonchev–Trinajstić information content (AvgIpc) is 2.04. The Morgan fingerprint density at radius 1 is 1.33 bits per heavy atom. The second kappa shape index (κ2) is 4.91. The van der Waals surface area contributed by atoms with E-state index in [0.717, 1.165) is 18.5 Å². The Bertz CT molecular complexity index is 221. The Labute approximate surface area is 74.9 Å². The molecule has 1 aliphatic heterocycles. The van der Waals surface area contributed by atoms with E-state index in [2.05, 4.69) is 31.0 Å². The summed E-state index contributed by atoms with van der Waals surface area (Å²) in [7, 11) is 0. The first-order valence-electron chi connectivity index (χ1n) is 4.72. The van der Waals surface area contributed by atoms with E-state index in [1.54, 1.807) is 0 Å². The van der Waals surface area contributed by atoms with E-state index < -0.39 is 0 Å². The fourth-order valence-corrected chi connectivity index (χ4v) is 1.31. The van der Waals surface area contributed by atoms with Crippen molar-refractivity contribution in [3.63, 3.8) is 0 Å².